The Balaban J connectivity index is 1.30. The third-order valence-corrected chi connectivity index (χ3v) is 5.71. The summed E-state index contributed by atoms with van der Waals surface area (Å²) in [5, 5.41) is 4.75. The summed E-state index contributed by atoms with van der Waals surface area (Å²) in [5.74, 6) is 0.341. The summed E-state index contributed by atoms with van der Waals surface area (Å²) in [7, 11) is 0. The van der Waals surface area contributed by atoms with E-state index in [0.29, 0.717) is 46.9 Å². The first kappa shape index (κ1) is 21.0. The Morgan fingerprint density at radius 3 is 2.69 bits per heavy atom. The number of hydrogen-bond acceptors (Lipinski definition) is 6. The molecule has 0 unspecified atom stereocenters. The number of nitrogens with zero attached hydrogens (tertiary/aromatic N) is 3. The second-order valence-electron chi connectivity index (χ2n) is 7.38. The molecule has 1 saturated heterocycles. The summed E-state index contributed by atoms with van der Waals surface area (Å²) in [4.78, 5) is 4.11. The van der Waals surface area contributed by atoms with Crippen LogP contribution in [0.4, 0.5) is 0 Å². The molecule has 2 atom stereocenters. The van der Waals surface area contributed by atoms with Crippen molar-refractivity contribution in [1.29, 1.82) is 0 Å². The van der Waals surface area contributed by atoms with Gasteiger partial charge in [0.15, 0.2) is 5.76 Å². The van der Waals surface area contributed by atoms with Crippen LogP contribution in [-0.2, 0) is 21.8 Å². The maximum absolute atomic E-state index is 6.50. The van der Waals surface area contributed by atoms with Crippen LogP contribution in [0.25, 0.3) is 11.3 Å². The van der Waals surface area contributed by atoms with Gasteiger partial charge in [0, 0.05) is 34.6 Å². The van der Waals surface area contributed by atoms with Gasteiger partial charge in [0.05, 0.1) is 30.7 Å². The van der Waals surface area contributed by atoms with Crippen LogP contribution in [0.2, 0.25) is 10.0 Å². The molecular formula is C23H19Cl2N3O4. The molecule has 32 heavy (non-hydrogen) atoms. The van der Waals surface area contributed by atoms with Crippen molar-refractivity contribution < 1.29 is 18.7 Å². The quantitative estimate of drug-likeness (QED) is 0.369. The molecule has 164 valence electrons. The lowest BCUT2D eigenvalue weighted by Gasteiger charge is -2.30. The van der Waals surface area contributed by atoms with E-state index in [2.05, 4.69) is 10.1 Å². The maximum atomic E-state index is 6.50. The molecule has 5 rings (SSSR count). The molecule has 1 aliphatic rings. The Hall–Kier alpha value is -2.84. The zero-order valence-corrected chi connectivity index (χ0v) is 18.4. The molecule has 2 aromatic carbocycles. The highest BCUT2D eigenvalue weighted by atomic mass is 35.5. The number of ether oxygens (including phenoxy) is 3. The van der Waals surface area contributed by atoms with Crippen LogP contribution in [-0.4, -0.2) is 34.0 Å². The maximum Gasteiger partial charge on any atom is 0.215 e. The Morgan fingerprint density at radius 1 is 1.09 bits per heavy atom. The van der Waals surface area contributed by atoms with Gasteiger partial charge in [0.2, 0.25) is 5.79 Å². The van der Waals surface area contributed by atoms with Crippen LogP contribution >= 0.6 is 23.2 Å². The Kier molecular flexibility index (Phi) is 5.89. The topological polar surface area (TPSA) is 71.5 Å². The molecule has 0 aliphatic carbocycles. The molecule has 0 spiro atoms. The number of imidazole rings is 1. The number of halogens is 2. The fourth-order valence-corrected chi connectivity index (χ4v) is 4.20. The molecule has 7 nitrogen and oxygen atoms in total. The standard InChI is InChI=1S/C23H19Cl2N3O4/c24-17-3-6-20(21(25)11-17)23(14-28-10-9-26-15-28)30-13-19(31-23)12-29-18-4-1-16(2-5-18)22-7-8-27-32-22/h1-11,15,19H,12-14H2/t19-,23+/m0/s1. The normalized spacial score (nSPS) is 20.5. The van der Waals surface area contributed by atoms with E-state index in [4.69, 9.17) is 41.9 Å². The molecule has 1 fully saturated rings. The van der Waals surface area contributed by atoms with Gasteiger partial charge >= 0.3 is 0 Å². The van der Waals surface area contributed by atoms with E-state index in [0.717, 1.165) is 5.56 Å². The van der Waals surface area contributed by atoms with Gasteiger partial charge in [0.1, 0.15) is 18.5 Å². The molecular weight excluding hydrogens is 453 g/mol. The summed E-state index contributed by atoms with van der Waals surface area (Å²) < 4.78 is 25.6. The van der Waals surface area contributed by atoms with Crippen molar-refractivity contribution >= 4 is 23.2 Å². The van der Waals surface area contributed by atoms with Gasteiger partial charge in [-0.2, -0.15) is 0 Å². The molecule has 9 heteroatoms. The van der Waals surface area contributed by atoms with Crippen molar-refractivity contribution in [2.24, 2.45) is 0 Å². The van der Waals surface area contributed by atoms with Crippen LogP contribution in [0.1, 0.15) is 5.56 Å². The summed E-state index contributed by atoms with van der Waals surface area (Å²) in [6.45, 7) is 1.05. The van der Waals surface area contributed by atoms with E-state index in [1.807, 2.05) is 41.1 Å². The molecule has 1 aliphatic heterocycles. The zero-order chi connectivity index (χ0) is 22.0. The van der Waals surface area contributed by atoms with E-state index in [1.54, 1.807) is 36.9 Å². The molecule has 3 heterocycles. The first-order valence-electron chi connectivity index (χ1n) is 9.98. The van der Waals surface area contributed by atoms with Crippen LogP contribution in [0.5, 0.6) is 5.75 Å². The lowest BCUT2D eigenvalue weighted by atomic mass is 10.1. The third kappa shape index (κ3) is 4.38. The minimum atomic E-state index is -1.08. The highest BCUT2D eigenvalue weighted by Gasteiger charge is 2.45. The van der Waals surface area contributed by atoms with Crippen LogP contribution in [0.3, 0.4) is 0 Å². The minimum absolute atomic E-state index is 0.292. The Morgan fingerprint density at radius 2 is 1.97 bits per heavy atom. The van der Waals surface area contributed by atoms with Gasteiger partial charge in [-0.1, -0.05) is 34.4 Å². The van der Waals surface area contributed by atoms with Crippen molar-refractivity contribution in [3.05, 3.63) is 89.1 Å². The van der Waals surface area contributed by atoms with Crippen LogP contribution in [0, 0.1) is 0 Å². The lowest BCUT2D eigenvalue weighted by Crippen LogP contribution is -2.34. The zero-order valence-electron chi connectivity index (χ0n) is 16.9. The third-order valence-electron chi connectivity index (χ3n) is 5.16. The summed E-state index contributed by atoms with van der Waals surface area (Å²) in [6.07, 6.45) is 6.57. The summed E-state index contributed by atoms with van der Waals surface area (Å²) in [5.41, 5.74) is 1.63. The highest BCUT2D eigenvalue weighted by molar-refractivity contribution is 6.35. The molecule has 0 bridgehead atoms. The fraction of sp³-hybridized carbons (Fsp3) is 0.217. The molecule has 0 saturated carbocycles. The summed E-state index contributed by atoms with van der Waals surface area (Å²) in [6, 6.07) is 14.7. The molecule has 0 radical (unpaired) electrons. The van der Waals surface area contributed by atoms with Gasteiger partial charge in [-0.15, -0.1) is 0 Å². The van der Waals surface area contributed by atoms with Gasteiger partial charge < -0.3 is 23.3 Å². The second kappa shape index (κ2) is 8.96. The van der Waals surface area contributed by atoms with Crippen molar-refractivity contribution in [1.82, 2.24) is 14.7 Å². The van der Waals surface area contributed by atoms with Gasteiger partial charge in [-0.25, -0.2) is 4.98 Å². The monoisotopic (exact) mass is 471 g/mol. The van der Waals surface area contributed by atoms with E-state index in [9.17, 15) is 0 Å². The van der Waals surface area contributed by atoms with Gasteiger partial charge in [0.25, 0.3) is 0 Å². The molecule has 0 N–H and O–H groups in total. The van der Waals surface area contributed by atoms with Crippen molar-refractivity contribution in [3.63, 3.8) is 0 Å². The molecule has 4 aromatic rings. The number of aromatic nitrogens is 3. The Bertz CT molecular complexity index is 1170. The highest BCUT2D eigenvalue weighted by Crippen LogP contribution is 2.40. The van der Waals surface area contributed by atoms with E-state index >= 15 is 0 Å². The fourth-order valence-electron chi connectivity index (χ4n) is 3.64. The predicted octanol–water partition coefficient (Wildman–Crippen LogP) is 5.19. The number of rotatable bonds is 7. The van der Waals surface area contributed by atoms with E-state index in [1.165, 1.54) is 0 Å². The smallest absolute Gasteiger partial charge is 0.215 e. The first-order chi connectivity index (χ1) is 15.6. The van der Waals surface area contributed by atoms with Gasteiger partial charge in [-0.3, -0.25) is 0 Å². The van der Waals surface area contributed by atoms with Crippen molar-refractivity contribution in [3.8, 4) is 17.1 Å². The minimum Gasteiger partial charge on any atom is -0.491 e. The number of hydrogen-bond donors (Lipinski definition) is 0. The van der Waals surface area contributed by atoms with Crippen LogP contribution < -0.4 is 4.74 Å². The number of benzene rings is 2. The van der Waals surface area contributed by atoms with Gasteiger partial charge in [-0.05, 0) is 36.4 Å². The average molecular weight is 472 g/mol. The predicted molar refractivity (Wildman–Crippen MR) is 119 cm³/mol. The SMILES string of the molecule is Clc1ccc([C@]2(Cn3ccnc3)OC[C@H](COc3ccc(-c4ccno4)cc3)O2)c(Cl)c1. The molecule has 2 aromatic heterocycles. The lowest BCUT2D eigenvalue weighted by molar-refractivity contribution is -0.189. The van der Waals surface area contributed by atoms with Crippen LogP contribution in [0.15, 0.2) is 78.0 Å². The second-order valence-corrected chi connectivity index (χ2v) is 8.22. The van der Waals surface area contributed by atoms with Crippen molar-refractivity contribution in [2.45, 2.75) is 18.4 Å². The first-order valence-corrected chi connectivity index (χ1v) is 10.7. The average Bonchev–Trinajstić information content (AvgIpc) is 3.56. The van der Waals surface area contributed by atoms with Crippen molar-refractivity contribution in [2.75, 3.05) is 13.2 Å². The Labute approximate surface area is 194 Å². The summed E-state index contributed by atoms with van der Waals surface area (Å²) >= 11 is 12.6. The van der Waals surface area contributed by atoms with E-state index in [-0.39, 0.29) is 6.10 Å². The van der Waals surface area contributed by atoms with E-state index < -0.39 is 5.79 Å². The molecule has 0 amide bonds. The largest absolute Gasteiger partial charge is 0.491 e.